The first-order chi connectivity index (χ1) is 7.25. The highest BCUT2D eigenvalue weighted by Crippen LogP contribution is 2.08. The van der Waals surface area contributed by atoms with E-state index in [-0.39, 0.29) is 5.75 Å². The molecule has 0 aliphatic carbocycles. The van der Waals surface area contributed by atoms with Crippen LogP contribution in [0.4, 0.5) is 0 Å². The molecule has 0 heterocycles. The molecule has 0 bridgehead atoms. The lowest BCUT2D eigenvalue weighted by molar-refractivity contribution is -0.146. The molecule has 0 fully saturated rings. The van der Waals surface area contributed by atoms with Crippen molar-refractivity contribution in [1.82, 2.24) is 4.72 Å². The molecular weight excluding hydrogens is 254 g/mol. The fraction of sp³-hybridized carbons (Fsp3) is 0.889. The van der Waals surface area contributed by atoms with Crippen molar-refractivity contribution in [1.29, 1.82) is 0 Å². The standard InChI is InChI=1S/C9H18ClNO4S/c1-9(2,8(12)15-3)11-16(13,14)7-5-4-6-10/h11H,4-7H2,1-3H3. The van der Waals surface area contributed by atoms with Crippen LogP contribution in [0.5, 0.6) is 0 Å². The molecule has 0 unspecified atom stereocenters. The Labute approximate surface area is 102 Å². The smallest absolute Gasteiger partial charge is 0.326 e. The number of halogens is 1. The number of esters is 1. The van der Waals surface area contributed by atoms with Gasteiger partial charge in [0.1, 0.15) is 5.54 Å². The summed E-state index contributed by atoms with van der Waals surface area (Å²) in [6, 6.07) is 0. The van der Waals surface area contributed by atoms with Crippen molar-refractivity contribution in [3.05, 3.63) is 0 Å². The lowest BCUT2D eigenvalue weighted by Crippen LogP contribution is -2.50. The molecule has 0 saturated carbocycles. The maximum Gasteiger partial charge on any atom is 0.326 e. The van der Waals surface area contributed by atoms with Crippen molar-refractivity contribution >= 4 is 27.6 Å². The van der Waals surface area contributed by atoms with E-state index in [0.717, 1.165) is 0 Å². The molecule has 0 aliphatic heterocycles. The van der Waals surface area contributed by atoms with Crippen LogP contribution in [0.2, 0.25) is 0 Å². The van der Waals surface area contributed by atoms with Gasteiger partial charge in [-0.2, -0.15) is 4.72 Å². The van der Waals surface area contributed by atoms with E-state index in [0.29, 0.717) is 18.7 Å². The van der Waals surface area contributed by atoms with E-state index in [4.69, 9.17) is 11.6 Å². The van der Waals surface area contributed by atoms with Gasteiger partial charge < -0.3 is 4.74 Å². The fourth-order valence-corrected chi connectivity index (χ4v) is 2.86. The Balaban J connectivity index is 4.40. The SMILES string of the molecule is COC(=O)C(C)(C)NS(=O)(=O)CCCCCl. The lowest BCUT2D eigenvalue weighted by atomic mass is 10.1. The zero-order chi connectivity index (χ0) is 12.8. The van der Waals surface area contributed by atoms with Gasteiger partial charge in [-0.3, -0.25) is 4.79 Å². The maximum absolute atomic E-state index is 11.6. The highest BCUT2D eigenvalue weighted by atomic mass is 35.5. The number of carbonyl (C=O) groups is 1. The highest BCUT2D eigenvalue weighted by Gasteiger charge is 2.33. The average molecular weight is 272 g/mol. The van der Waals surface area contributed by atoms with Crippen molar-refractivity contribution in [2.24, 2.45) is 0 Å². The third-order valence-corrected chi connectivity index (χ3v) is 3.82. The molecule has 0 rings (SSSR count). The number of sulfonamides is 1. The second-order valence-electron chi connectivity index (χ2n) is 3.93. The molecule has 0 radical (unpaired) electrons. The second-order valence-corrected chi connectivity index (χ2v) is 6.15. The van der Waals surface area contributed by atoms with E-state index in [1.165, 1.54) is 21.0 Å². The van der Waals surface area contributed by atoms with Gasteiger partial charge in [-0.15, -0.1) is 11.6 Å². The summed E-state index contributed by atoms with van der Waals surface area (Å²) >= 11 is 5.45. The van der Waals surface area contributed by atoms with Gasteiger partial charge in [0.25, 0.3) is 0 Å². The Bertz CT molecular complexity index is 326. The lowest BCUT2D eigenvalue weighted by Gasteiger charge is -2.22. The highest BCUT2D eigenvalue weighted by molar-refractivity contribution is 7.89. The summed E-state index contributed by atoms with van der Waals surface area (Å²) < 4.78 is 30.0. The molecule has 0 atom stereocenters. The largest absolute Gasteiger partial charge is 0.468 e. The minimum atomic E-state index is -3.48. The first kappa shape index (κ1) is 15.7. The molecule has 0 saturated heterocycles. The number of ether oxygens (including phenoxy) is 1. The summed E-state index contributed by atoms with van der Waals surface area (Å²) in [5.74, 6) is -0.232. The number of hydrogen-bond donors (Lipinski definition) is 1. The van der Waals surface area contributed by atoms with Crippen molar-refractivity contribution in [3.63, 3.8) is 0 Å². The van der Waals surface area contributed by atoms with Gasteiger partial charge in [-0.05, 0) is 26.7 Å². The third kappa shape index (κ3) is 5.67. The van der Waals surface area contributed by atoms with Gasteiger partial charge in [-0.25, -0.2) is 8.42 Å². The number of rotatable bonds is 7. The van der Waals surface area contributed by atoms with Crippen LogP contribution in [-0.4, -0.2) is 38.7 Å². The van der Waals surface area contributed by atoms with E-state index in [2.05, 4.69) is 9.46 Å². The molecule has 0 aromatic heterocycles. The Morgan fingerprint density at radius 2 is 1.94 bits per heavy atom. The Morgan fingerprint density at radius 3 is 2.38 bits per heavy atom. The van der Waals surface area contributed by atoms with E-state index >= 15 is 0 Å². The molecule has 5 nitrogen and oxygen atoms in total. The van der Waals surface area contributed by atoms with Crippen LogP contribution in [0.3, 0.4) is 0 Å². The van der Waals surface area contributed by atoms with E-state index in [1.54, 1.807) is 0 Å². The molecule has 1 N–H and O–H groups in total. The van der Waals surface area contributed by atoms with Gasteiger partial charge >= 0.3 is 5.97 Å². The number of hydrogen-bond acceptors (Lipinski definition) is 4. The van der Waals surface area contributed by atoms with Gasteiger partial charge in [0.05, 0.1) is 12.9 Å². The number of alkyl halides is 1. The van der Waals surface area contributed by atoms with Gasteiger partial charge in [0.2, 0.25) is 10.0 Å². The zero-order valence-corrected chi connectivity index (χ0v) is 11.3. The molecule has 0 aliphatic rings. The monoisotopic (exact) mass is 271 g/mol. The number of unbranched alkanes of at least 4 members (excludes halogenated alkanes) is 1. The summed E-state index contributed by atoms with van der Waals surface area (Å²) in [6.45, 7) is 2.91. The summed E-state index contributed by atoms with van der Waals surface area (Å²) in [7, 11) is -2.26. The van der Waals surface area contributed by atoms with Crippen molar-refractivity contribution in [2.45, 2.75) is 32.2 Å². The third-order valence-electron chi connectivity index (χ3n) is 1.90. The molecule has 16 heavy (non-hydrogen) atoms. The van der Waals surface area contributed by atoms with Crippen molar-refractivity contribution in [2.75, 3.05) is 18.7 Å². The predicted octanol–water partition coefficient (Wildman–Crippen LogP) is 0.876. The number of nitrogens with one attached hydrogen (secondary N) is 1. The van der Waals surface area contributed by atoms with E-state index in [9.17, 15) is 13.2 Å². The van der Waals surface area contributed by atoms with Gasteiger partial charge in [-0.1, -0.05) is 0 Å². The summed E-state index contributed by atoms with van der Waals surface area (Å²) in [5, 5.41) is 0. The molecule has 0 spiro atoms. The topological polar surface area (TPSA) is 72.5 Å². The summed E-state index contributed by atoms with van der Waals surface area (Å²) in [4.78, 5) is 11.3. The Hall–Kier alpha value is -0.330. The molecule has 0 amide bonds. The van der Waals surface area contributed by atoms with Crippen LogP contribution in [-0.2, 0) is 19.6 Å². The first-order valence-electron chi connectivity index (χ1n) is 4.91. The van der Waals surface area contributed by atoms with Gasteiger partial charge in [0.15, 0.2) is 0 Å². The molecule has 7 heteroatoms. The second kappa shape index (κ2) is 6.42. The minimum absolute atomic E-state index is 0.0415. The van der Waals surface area contributed by atoms with Crippen LogP contribution >= 0.6 is 11.6 Å². The average Bonchev–Trinajstić information content (AvgIpc) is 2.15. The van der Waals surface area contributed by atoms with Crippen LogP contribution in [0, 0.1) is 0 Å². The molecule has 0 aromatic rings. The van der Waals surface area contributed by atoms with E-state index < -0.39 is 21.5 Å². The summed E-state index contributed by atoms with van der Waals surface area (Å²) in [5.41, 5.74) is -1.24. The minimum Gasteiger partial charge on any atom is -0.468 e. The van der Waals surface area contributed by atoms with Crippen molar-refractivity contribution in [3.8, 4) is 0 Å². The van der Waals surface area contributed by atoms with Gasteiger partial charge in [0, 0.05) is 5.88 Å². The Kier molecular flexibility index (Phi) is 6.28. The predicted molar refractivity (Wildman–Crippen MR) is 63.0 cm³/mol. The zero-order valence-electron chi connectivity index (χ0n) is 9.75. The molecule has 0 aromatic carbocycles. The molecular formula is C9H18ClNO4S. The van der Waals surface area contributed by atoms with Crippen molar-refractivity contribution < 1.29 is 17.9 Å². The maximum atomic E-state index is 11.6. The number of methoxy groups -OCH3 is 1. The quantitative estimate of drug-likeness (QED) is 0.424. The van der Waals surface area contributed by atoms with Crippen LogP contribution < -0.4 is 4.72 Å². The Morgan fingerprint density at radius 1 is 1.38 bits per heavy atom. The molecule has 96 valence electrons. The van der Waals surface area contributed by atoms with E-state index in [1.807, 2.05) is 0 Å². The fourth-order valence-electron chi connectivity index (χ4n) is 1.12. The number of carbonyl (C=O) groups excluding carboxylic acids is 1. The summed E-state index contributed by atoms with van der Waals surface area (Å²) in [6.07, 6.45) is 1.09. The normalized spacial score (nSPS) is 12.5. The van der Waals surface area contributed by atoms with Crippen LogP contribution in [0.1, 0.15) is 26.7 Å². The first-order valence-corrected chi connectivity index (χ1v) is 7.10. The van der Waals surface area contributed by atoms with Crippen LogP contribution in [0.25, 0.3) is 0 Å². The van der Waals surface area contributed by atoms with Crippen LogP contribution in [0.15, 0.2) is 0 Å².